The Balaban J connectivity index is 2.07. The van der Waals surface area contributed by atoms with Crippen LogP contribution in [-0.4, -0.2) is 16.6 Å². The second-order valence-electron chi connectivity index (χ2n) is 6.67. The predicted octanol–water partition coefficient (Wildman–Crippen LogP) is 3.20. The van der Waals surface area contributed by atoms with Crippen LogP contribution in [0.25, 0.3) is 12.3 Å². The van der Waals surface area contributed by atoms with E-state index in [0.717, 1.165) is 16.0 Å². The van der Waals surface area contributed by atoms with Crippen molar-refractivity contribution in [3.63, 3.8) is 0 Å². The summed E-state index contributed by atoms with van der Waals surface area (Å²) in [5.74, 6) is 0. The van der Waals surface area contributed by atoms with Crippen molar-refractivity contribution < 1.29 is 9.53 Å². The number of carbonyl (C=O) groups is 1. The van der Waals surface area contributed by atoms with Crippen LogP contribution in [0.2, 0.25) is 0 Å². The zero-order valence-corrected chi connectivity index (χ0v) is 13.7. The van der Waals surface area contributed by atoms with Crippen LogP contribution in [0.5, 0.6) is 0 Å². The molecule has 1 aliphatic heterocycles. The fourth-order valence-corrected chi connectivity index (χ4v) is 2.65. The standard InChI is InChI=1S/C20H21NO2/c1-20(2,3)23-19(22)21-14-17-12-8-7-11-16(17)13-18(21)15-9-5-4-6-10-15/h4-14,18H,1-3H3. The third kappa shape index (κ3) is 3.45. The number of nitrogens with zero attached hydrogens (tertiary/aromatic N) is 1. The second kappa shape index (κ2) is 5.92. The quantitative estimate of drug-likeness (QED) is 0.810. The molecule has 1 amide bonds. The van der Waals surface area contributed by atoms with Crippen LogP contribution in [0.15, 0.2) is 54.6 Å². The molecule has 23 heavy (non-hydrogen) atoms. The van der Waals surface area contributed by atoms with Crippen LogP contribution in [0.1, 0.15) is 32.4 Å². The largest absolute Gasteiger partial charge is 0.443 e. The number of fused-ring (bicyclic) bond motifs is 1. The van der Waals surface area contributed by atoms with Gasteiger partial charge in [0, 0.05) is 6.20 Å². The van der Waals surface area contributed by atoms with Crippen molar-refractivity contribution in [1.82, 2.24) is 4.90 Å². The summed E-state index contributed by atoms with van der Waals surface area (Å²) in [5.41, 5.74) is 0.535. The van der Waals surface area contributed by atoms with Crippen molar-refractivity contribution >= 4 is 18.4 Å². The number of amides is 1. The zero-order chi connectivity index (χ0) is 16.4. The number of rotatable bonds is 1. The van der Waals surface area contributed by atoms with Gasteiger partial charge in [0.1, 0.15) is 5.60 Å². The first-order chi connectivity index (χ1) is 10.9. The minimum absolute atomic E-state index is 0.166. The molecule has 3 heteroatoms. The lowest BCUT2D eigenvalue weighted by Crippen LogP contribution is -2.42. The molecule has 3 nitrogen and oxygen atoms in total. The van der Waals surface area contributed by atoms with E-state index in [-0.39, 0.29) is 12.1 Å². The summed E-state index contributed by atoms with van der Waals surface area (Å²) < 4.78 is 5.58. The third-order valence-electron chi connectivity index (χ3n) is 3.66. The minimum atomic E-state index is -0.525. The molecule has 118 valence electrons. The maximum absolute atomic E-state index is 12.7. The average molecular weight is 307 g/mol. The number of ether oxygens (including phenoxy) is 1. The third-order valence-corrected chi connectivity index (χ3v) is 3.66. The van der Waals surface area contributed by atoms with Gasteiger partial charge in [-0.05, 0) is 42.8 Å². The van der Waals surface area contributed by atoms with E-state index in [4.69, 9.17) is 4.74 Å². The van der Waals surface area contributed by atoms with Gasteiger partial charge >= 0.3 is 6.09 Å². The van der Waals surface area contributed by atoms with E-state index in [1.165, 1.54) is 0 Å². The average Bonchev–Trinajstić information content (AvgIpc) is 2.53. The van der Waals surface area contributed by atoms with Gasteiger partial charge in [-0.25, -0.2) is 4.79 Å². The van der Waals surface area contributed by atoms with Crippen molar-refractivity contribution in [1.29, 1.82) is 0 Å². The van der Waals surface area contributed by atoms with E-state index in [1.54, 1.807) is 4.90 Å². The Morgan fingerprint density at radius 2 is 1.57 bits per heavy atom. The Kier molecular flexibility index (Phi) is 3.95. The summed E-state index contributed by atoms with van der Waals surface area (Å²) in [6, 6.07) is 17.9. The molecule has 0 saturated carbocycles. The molecule has 1 heterocycles. The van der Waals surface area contributed by atoms with E-state index in [2.05, 4.69) is 12.1 Å². The number of hydrogen-bond donors (Lipinski definition) is 0. The maximum atomic E-state index is 12.7. The van der Waals surface area contributed by atoms with E-state index in [0.29, 0.717) is 0 Å². The van der Waals surface area contributed by atoms with Gasteiger partial charge in [-0.15, -0.1) is 0 Å². The van der Waals surface area contributed by atoms with E-state index in [9.17, 15) is 4.79 Å². The molecule has 0 saturated heterocycles. The Morgan fingerprint density at radius 3 is 2.22 bits per heavy atom. The van der Waals surface area contributed by atoms with E-state index < -0.39 is 5.60 Å². The molecular weight excluding hydrogens is 286 g/mol. The van der Waals surface area contributed by atoms with Gasteiger partial charge < -0.3 is 4.74 Å². The summed E-state index contributed by atoms with van der Waals surface area (Å²) in [6.45, 7) is 5.64. The van der Waals surface area contributed by atoms with Crippen LogP contribution in [0.4, 0.5) is 4.79 Å². The van der Waals surface area contributed by atoms with Crippen molar-refractivity contribution in [2.24, 2.45) is 0 Å². The van der Waals surface area contributed by atoms with E-state index >= 15 is 0 Å². The SMILES string of the molecule is CC(C)(C)OC(=O)N1C=c2ccccc2=CC1c1ccccc1. The van der Waals surface area contributed by atoms with E-state index in [1.807, 2.05) is 75.5 Å². The summed E-state index contributed by atoms with van der Waals surface area (Å²) >= 11 is 0. The molecule has 1 aliphatic rings. The summed E-state index contributed by atoms with van der Waals surface area (Å²) in [5, 5.41) is 2.15. The lowest BCUT2D eigenvalue weighted by atomic mass is 10.0. The highest BCUT2D eigenvalue weighted by Gasteiger charge is 2.28. The van der Waals surface area contributed by atoms with Crippen LogP contribution in [0, 0.1) is 0 Å². The number of benzene rings is 2. The fraction of sp³-hybridized carbons (Fsp3) is 0.250. The lowest BCUT2D eigenvalue weighted by Gasteiger charge is -2.31. The molecule has 2 aromatic rings. The Hall–Kier alpha value is -2.55. The Labute approximate surface area is 136 Å². The van der Waals surface area contributed by atoms with Gasteiger partial charge in [0.2, 0.25) is 0 Å². The maximum Gasteiger partial charge on any atom is 0.415 e. The van der Waals surface area contributed by atoms with Gasteiger partial charge in [0.05, 0.1) is 6.04 Å². The predicted molar refractivity (Wildman–Crippen MR) is 91.9 cm³/mol. The van der Waals surface area contributed by atoms with Crippen molar-refractivity contribution in [3.8, 4) is 0 Å². The molecule has 0 fully saturated rings. The molecule has 0 spiro atoms. The molecule has 0 aliphatic carbocycles. The molecular formula is C20H21NO2. The van der Waals surface area contributed by atoms with Crippen LogP contribution >= 0.6 is 0 Å². The topological polar surface area (TPSA) is 29.5 Å². The van der Waals surface area contributed by atoms with Gasteiger partial charge in [0.15, 0.2) is 0 Å². The molecule has 0 bridgehead atoms. The van der Waals surface area contributed by atoms with Gasteiger partial charge in [-0.3, -0.25) is 4.90 Å². The monoisotopic (exact) mass is 307 g/mol. The van der Waals surface area contributed by atoms with Crippen molar-refractivity contribution in [2.75, 3.05) is 0 Å². The first-order valence-corrected chi connectivity index (χ1v) is 7.79. The smallest absolute Gasteiger partial charge is 0.415 e. The molecule has 1 atom stereocenters. The Bertz CT molecular complexity index is 819. The molecule has 0 radical (unpaired) electrons. The molecule has 0 N–H and O–H groups in total. The van der Waals surface area contributed by atoms with Crippen LogP contribution < -0.4 is 10.4 Å². The number of hydrogen-bond acceptors (Lipinski definition) is 2. The summed E-state index contributed by atoms with van der Waals surface area (Å²) in [4.78, 5) is 14.3. The fourth-order valence-electron chi connectivity index (χ4n) is 2.65. The minimum Gasteiger partial charge on any atom is -0.443 e. The summed E-state index contributed by atoms with van der Waals surface area (Å²) in [6.07, 6.45) is 3.65. The normalized spacial score (nSPS) is 16.8. The highest BCUT2D eigenvalue weighted by atomic mass is 16.6. The summed E-state index contributed by atoms with van der Waals surface area (Å²) in [7, 11) is 0. The molecule has 3 rings (SSSR count). The Morgan fingerprint density at radius 1 is 0.957 bits per heavy atom. The first-order valence-electron chi connectivity index (χ1n) is 7.79. The van der Waals surface area contributed by atoms with Gasteiger partial charge in [0.25, 0.3) is 0 Å². The highest BCUT2D eigenvalue weighted by molar-refractivity contribution is 5.76. The van der Waals surface area contributed by atoms with Crippen LogP contribution in [0.3, 0.4) is 0 Å². The molecule has 0 aromatic heterocycles. The lowest BCUT2D eigenvalue weighted by molar-refractivity contribution is 0.0332. The number of carbonyl (C=O) groups excluding carboxylic acids is 1. The van der Waals surface area contributed by atoms with Gasteiger partial charge in [-0.2, -0.15) is 0 Å². The van der Waals surface area contributed by atoms with Crippen molar-refractivity contribution in [2.45, 2.75) is 32.4 Å². The second-order valence-corrected chi connectivity index (χ2v) is 6.67. The zero-order valence-electron chi connectivity index (χ0n) is 13.7. The van der Waals surface area contributed by atoms with Gasteiger partial charge in [-0.1, -0.05) is 54.6 Å². The molecule has 2 aromatic carbocycles. The van der Waals surface area contributed by atoms with Crippen molar-refractivity contribution in [3.05, 3.63) is 70.6 Å². The highest BCUT2D eigenvalue weighted by Crippen LogP contribution is 2.26. The molecule has 1 unspecified atom stereocenters. The first kappa shape index (κ1) is 15.3. The van der Waals surface area contributed by atoms with Crippen LogP contribution in [-0.2, 0) is 4.74 Å².